The largest absolute Gasteiger partial charge is 0.490 e. The molecule has 0 saturated heterocycles. The number of ether oxygens (including phenoxy) is 8. The monoisotopic (exact) mass is 876 g/mol. The van der Waals surface area contributed by atoms with Gasteiger partial charge in [-0.25, -0.2) is 19.2 Å². The molecule has 12 nitrogen and oxygen atoms in total. The molecule has 0 aliphatic rings. The molecule has 0 aromatic heterocycles. The first-order chi connectivity index (χ1) is 30.5. The van der Waals surface area contributed by atoms with Gasteiger partial charge in [-0.1, -0.05) is 103 Å². The average Bonchev–Trinajstić information content (AvgIpc) is 3.29. The van der Waals surface area contributed by atoms with E-state index in [1.807, 2.05) is 97.1 Å². The number of esters is 4. The fraction of sp³-hybridized carbons (Fsp3) is 0.308. The lowest BCUT2D eigenvalue weighted by Gasteiger charge is -2.26. The van der Waals surface area contributed by atoms with Crippen molar-refractivity contribution in [3.63, 3.8) is 0 Å². The van der Waals surface area contributed by atoms with Gasteiger partial charge in [-0.05, 0) is 84.6 Å². The predicted molar refractivity (Wildman–Crippen MR) is 246 cm³/mol. The Morgan fingerprint density at radius 3 is 0.828 bits per heavy atom. The molecule has 4 rings (SSSR count). The molecule has 0 radical (unpaired) electrons. The van der Waals surface area contributed by atoms with Crippen molar-refractivity contribution in [3.05, 3.63) is 169 Å². The summed E-state index contributed by atoms with van der Waals surface area (Å²) in [5, 5.41) is 0. The van der Waals surface area contributed by atoms with Crippen molar-refractivity contribution in [1.29, 1.82) is 0 Å². The van der Waals surface area contributed by atoms with E-state index >= 15 is 0 Å². The molecule has 0 spiro atoms. The van der Waals surface area contributed by atoms with Gasteiger partial charge in [-0.2, -0.15) is 0 Å². The first-order valence-electron chi connectivity index (χ1n) is 20.6. The summed E-state index contributed by atoms with van der Waals surface area (Å²) in [5.41, 5.74) is 4.79. The molecule has 340 valence electrons. The Balaban J connectivity index is 0.000000341. The van der Waals surface area contributed by atoms with Gasteiger partial charge in [0.1, 0.15) is 75.9 Å². The molecule has 4 aromatic rings. The number of hydrogen-bond donors (Lipinski definition) is 0. The number of carbonyl (C=O) groups is 4. The standard InChI is InChI=1S/C27H32O6.C25H28O6/c1-19(2)25(28)32-17-15-30-23-11-7-21(8-12-23)27(5,6)22-9-13-24(14-10-22)31-16-18-33-26(29)20(3)4;1-5-23(26)30-17-15-28-21-11-7-19(8-12-21)25(3,4)20-9-13-22(14-10-20)29-16-18-31-24(27)6-2/h7-14H,1,3,15-18H2,2,4-6H3;5-14H,1-2,15-18H2,3-4H3. The van der Waals surface area contributed by atoms with E-state index in [2.05, 4.69) is 54.0 Å². The van der Waals surface area contributed by atoms with E-state index in [4.69, 9.17) is 37.9 Å². The maximum atomic E-state index is 11.4. The van der Waals surface area contributed by atoms with Gasteiger partial charge in [0.2, 0.25) is 0 Å². The zero-order chi connectivity index (χ0) is 47.1. The summed E-state index contributed by atoms with van der Waals surface area (Å²) in [7, 11) is 0. The van der Waals surface area contributed by atoms with Gasteiger partial charge in [0.05, 0.1) is 0 Å². The lowest BCUT2D eigenvalue weighted by Crippen LogP contribution is -2.19. The molecule has 0 aliphatic carbocycles. The van der Waals surface area contributed by atoms with Crippen LogP contribution in [0.4, 0.5) is 0 Å². The summed E-state index contributed by atoms with van der Waals surface area (Å²) < 4.78 is 42.3. The topological polar surface area (TPSA) is 142 Å². The summed E-state index contributed by atoms with van der Waals surface area (Å²) in [6, 6.07) is 31.4. The highest BCUT2D eigenvalue weighted by Gasteiger charge is 2.24. The zero-order valence-electron chi connectivity index (χ0n) is 37.8. The zero-order valence-corrected chi connectivity index (χ0v) is 37.8. The van der Waals surface area contributed by atoms with Gasteiger partial charge in [0.25, 0.3) is 0 Å². The van der Waals surface area contributed by atoms with Crippen molar-refractivity contribution in [1.82, 2.24) is 0 Å². The van der Waals surface area contributed by atoms with Crippen molar-refractivity contribution < 1.29 is 57.1 Å². The Morgan fingerprint density at radius 2 is 0.625 bits per heavy atom. The van der Waals surface area contributed by atoms with E-state index in [1.54, 1.807) is 13.8 Å². The Kier molecular flexibility index (Phi) is 20.6. The van der Waals surface area contributed by atoms with Crippen LogP contribution in [0.1, 0.15) is 63.8 Å². The van der Waals surface area contributed by atoms with Crippen LogP contribution in [0.25, 0.3) is 0 Å². The fourth-order valence-electron chi connectivity index (χ4n) is 5.76. The third-order valence-electron chi connectivity index (χ3n) is 9.70. The molecular weight excluding hydrogens is 817 g/mol. The SMILES string of the molecule is C=C(C)C(=O)OCCOc1ccc(C(C)(C)c2ccc(OCCOC(=O)C(=C)C)cc2)cc1.C=CC(=O)OCCOc1ccc(C(C)(C)c2ccc(OCCOC(=O)C=C)cc2)cc1. The molecule has 0 amide bonds. The predicted octanol–water partition coefficient (Wildman–Crippen LogP) is 9.24. The van der Waals surface area contributed by atoms with Crippen LogP contribution < -0.4 is 18.9 Å². The molecule has 0 N–H and O–H groups in total. The quantitative estimate of drug-likeness (QED) is 0.0287. The molecule has 0 aliphatic heterocycles. The van der Waals surface area contributed by atoms with Gasteiger partial charge in [-0.3, -0.25) is 0 Å². The van der Waals surface area contributed by atoms with Crippen LogP contribution in [0.2, 0.25) is 0 Å². The van der Waals surface area contributed by atoms with Crippen molar-refractivity contribution in [2.45, 2.75) is 52.4 Å². The molecule has 0 fully saturated rings. The highest BCUT2D eigenvalue weighted by Crippen LogP contribution is 2.35. The highest BCUT2D eigenvalue weighted by atomic mass is 16.6. The van der Waals surface area contributed by atoms with E-state index in [-0.39, 0.29) is 63.7 Å². The Bertz CT molecular complexity index is 2010. The van der Waals surface area contributed by atoms with Crippen LogP contribution in [0.5, 0.6) is 23.0 Å². The Hall–Kier alpha value is -7.08. The Morgan fingerprint density at radius 1 is 0.406 bits per heavy atom. The van der Waals surface area contributed by atoms with Gasteiger partial charge in [0, 0.05) is 34.1 Å². The third-order valence-corrected chi connectivity index (χ3v) is 9.70. The second kappa shape index (κ2) is 25.8. The van der Waals surface area contributed by atoms with Gasteiger partial charge >= 0.3 is 23.9 Å². The van der Waals surface area contributed by atoms with Crippen molar-refractivity contribution in [2.75, 3.05) is 52.9 Å². The van der Waals surface area contributed by atoms with E-state index in [1.165, 1.54) is 0 Å². The highest BCUT2D eigenvalue weighted by molar-refractivity contribution is 5.87. The number of rotatable bonds is 24. The number of benzene rings is 4. The normalized spacial score (nSPS) is 10.7. The van der Waals surface area contributed by atoms with Crippen LogP contribution in [0.3, 0.4) is 0 Å². The summed E-state index contributed by atoms with van der Waals surface area (Å²) in [6.45, 7) is 27.3. The minimum atomic E-state index is -0.465. The number of hydrogen-bond acceptors (Lipinski definition) is 12. The molecule has 0 heterocycles. The maximum absolute atomic E-state index is 11.4. The third kappa shape index (κ3) is 17.0. The fourth-order valence-corrected chi connectivity index (χ4v) is 5.76. The van der Waals surface area contributed by atoms with Crippen LogP contribution in [-0.4, -0.2) is 76.7 Å². The second-order valence-corrected chi connectivity index (χ2v) is 15.3. The minimum absolute atomic E-state index is 0.170. The molecular formula is C52H60O12. The van der Waals surface area contributed by atoms with Crippen LogP contribution in [0.15, 0.2) is 147 Å². The van der Waals surface area contributed by atoms with Crippen LogP contribution in [0, 0.1) is 0 Å². The van der Waals surface area contributed by atoms with Gasteiger partial charge < -0.3 is 37.9 Å². The van der Waals surface area contributed by atoms with Crippen LogP contribution >= 0.6 is 0 Å². The first-order valence-corrected chi connectivity index (χ1v) is 20.6. The van der Waals surface area contributed by atoms with E-state index in [0.29, 0.717) is 34.1 Å². The first kappa shape index (κ1) is 51.3. The van der Waals surface area contributed by atoms with Gasteiger partial charge in [-0.15, -0.1) is 0 Å². The Labute approximate surface area is 377 Å². The van der Waals surface area contributed by atoms with Gasteiger partial charge in [0.15, 0.2) is 0 Å². The maximum Gasteiger partial charge on any atom is 0.333 e. The van der Waals surface area contributed by atoms with E-state index < -0.39 is 23.9 Å². The molecule has 0 bridgehead atoms. The summed E-state index contributed by atoms with van der Waals surface area (Å²) in [6.07, 6.45) is 2.24. The summed E-state index contributed by atoms with van der Waals surface area (Å²) in [5.74, 6) is 1.05. The molecule has 0 saturated carbocycles. The molecule has 4 aromatic carbocycles. The molecule has 12 heteroatoms. The molecule has 0 atom stereocenters. The molecule has 0 unspecified atom stereocenters. The van der Waals surface area contributed by atoms with Crippen molar-refractivity contribution >= 4 is 23.9 Å². The lowest BCUT2D eigenvalue weighted by atomic mass is 9.78. The second-order valence-electron chi connectivity index (χ2n) is 15.3. The van der Waals surface area contributed by atoms with Crippen LogP contribution in [-0.2, 0) is 49.0 Å². The average molecular weight is 877 g/mol. The number of carbonyl (C=O) groups excluding carboxylic acids is 4. The van der Waals surface area contributed by atoms with E-state index in [0.717, 1.165) is 34.4 Å². The smallest absolute Gasteiger partial charge is 0.333 e. The summed E-state index contributed by atoms with van der Waals surface area (Å²) >= 11 is 0. The van der Waals surface area contributed by atoms with Crippen molar-refractivity contribution in [2.24, 2.45) is 0 Å². The summed E-state index contributed by atoms with van der Waals surface area (Å²) in [4.78, 5) is 44.8. The molecule has 64 heavy (non-hydrogen) atoms. The van der Waals surface area contributed by atoms with Crippen molar-refractivity contribution in [3.8, 4) is 23.0 Å². The van der Waals surface area contributed by atoms with E-state index in [9.17, 15) is 19.2 Å². The lowest BCUT2D eigenvalue weighted by molar-refractivity contribution is -0.140. The minimum Gasteiger partial charge on any atom is -0.490 e.